The van der Waals surface area contributed by atoms with Crippen LogP contribution in [-0.4, -0.2) is 20.1 Å². The zero-order valence-corrected chi connectivity index (χ0v) is 7.62. The second kappa shape index (κ2) is 4.21. The number of aliphatic hydroxyl groups is 1. The standard InChI is InChI=1S/C8H15N3O/c1-3-4-5-11-7(2)8(6-12)9-10-11/h12H,3-6H2,1-2H3. The van der Waals surface area contributed by atoms with Crippen molar-refractivity contribution in [1.82, 2.24) is 15.0 Å². The first-order valence-electron chi connectivity index (χ1n) is 4.29. The molecule has 0 spiro atoms. The van der Waals surface area contributed by atoms with E-state index in [1.165, 1.54) is 0 Å². The van der Waals surface area contributed by atoms with Crippen LogP contribution in [0.15, 0.2) is 0 Å². The van der Waals surface area contributed by atoms with Crippen LogP contribution in [-0.2, 0) is 13.2 Å². The van der Waals surface area contributed by atoms with E-state index in [1.807, 2.05) is 11.6 Å². The zero-order chi connectivity index (χ0) is 8.97. The van der Waals surface area contributed by atoms with Crippen LogP contribution < -0.4 is 0 Å². The lowest BCUT2D eigenvalue weighted by atomic mass is 10.3. The number of hydrogen-bond acceptors (Lipinski definition) is 3. The van der Waals surface area contributed by atoms with Gasteiger partial charge in [0.1, 0.15) is 5.69 Å². The van der Waals surface area contributed by atoms with Gasteiger partial charge in [-0.1, -0.05) is 18.6 Å². The molecule has 0 aliphatic heterocycles. The summed E-state index contributed by atoms with van der Waals surface area (Å²) in [6.45, 7) is 4.95. The van der Waals surface area contributed by atoms with Crippen LogP contribution in [0, 0.1) is 6.92 Å². The van der Waals surface area contributed by atoms with Crippen molar-refractivity contribution in [2.24, 2.45) is 0 Å². The molecule has 4 nitrogen and oxygen atoms in total. The molecule has 12 heavy (non-hydrogen) atoms. The quantitative estimate of drug-likeness (QED) is 0.728. The number of aromatic nitrogens is 3. The number of aliphatic hydroxyl groups excluding tert-OH is 1. The Labute approximate surface area is 72.2 Å². The number of unbranched alkanes of at least 4 members (excludes halogenated alkanes) is 1. The summed E-state index contributed by atoms with van der Waals surface area (Å²) in [4.78, 5) is 0. The molecule has 0 unspecified atom stereocenters. The van der Waals surface area contributed by atoms with E-state index in [0.717, 1.165) is 25.1 Å². The first kappa shape index (κ1) is 9.19. The molecule has 1 heterocycles. The van der Waals surface area contributed by atoms with Gasteiger partial charge in [0.2, 0.25) is 0 Å². The molecule has 0 fully saturated rings. The molecule has 1 aromatic rings. The van der Waals surface area contributed by atoms with Crippen LogP contribution in [0.4, 0.5) is 0 Å². The molecule has 0 aliphatic rings. The van der Waals surface area contributed by atoms with Gasteiger partial charge < -0.3 is 5.11 Å². The minimum Gasteiger partial charge on any atom is -0.390 e. The average Bonchev–Trinajstić information content (AvgIpc) is 2.43. The molecule has 0 saturated heterocycles. The van der Waals surface area contributed by atoms with Crippen molar-refractivity contribution in [2.45, 2.75) is 39.8 Å². The van der Waals surface area contributed by atoms with Gasteiger partial charge in [-0.25, -0.2) is 4.68 Å². The maximum Gasteiger partial charge on any atom is 0.111 e. The summed E-state index contributed by atoms with van der Waals surface area (Å²) in [5, 5.41) is 16.6. The van der Waals surface area contributed by atoms with Crippen molar-refractivity contribution >= 4 is 0 Å². The maximum absolute atomic E-state index is 8.84. The van der Waals surface area contributed by atoms with E-state index in [1.54, 1.807) is 0 Å². The third-order valence-electron chi connectivity index (χ3n) is 1.95. The lowest BCUT2D eigenvalue weighted by Crippen LogP contribution is -2.02. The highest BCUT2D eigenvalue weighted by molar-refractivity contribution is 5.05. The summed E-state index contributed by atoms with van der Waals surface area (Å²) in [7, 11) is 0. The van der Waals surface area contributed by atoms with Gasteiger partial charge in [-0.3, -0.25) is 0 Å². The Balaban J connectivity index is 2.66. The topological polar surface area (TPSA) is 50.9 Å². The van der Waals surface area contributed by atoms with Crippen LogP contribution in [0.3, 0.4) is 0 Å². The predicted octanol–water partition coefficient (Wildman–Crippen LogP) is 0.879. The molecule has 0 aliphatic carbocycles. The molecule has 0 radical (unpaired) electrons. The van der Waals surface area contributed by atoms with Gasteiger partial charge in [-0.15, -0.1) is 5.10 Å². The molecule has 1 N–H and O–H groups in total. The van der Waals surface area contributed by atoms with Crippen molar-refractivity contribution in [1.29, 1.82) is 0 Å². The van der Waals surface area contributed by atoms with Gasteiger partial charge in [0.25, 0.3) is 0 Å². The molecular weight excluding hydrogens is 154 g/mol. The summed E-state index contributed by atoms with van der Waals surface area (Å²) < 4.78 is 1.84. The SMILES string of the molecule is CCCCn1nnc(CO)c1C. The number of nitrogens with zero attached hydrogens (tertiary/aromatic N) is 3. The largest absolute Gasteiger partial charge is 0.390 e. The molecule has 0 amide bonds. The lowest BCUT2D eigenvalue weighted by molar-refractivity contribution is 0.276. The molecule has 0 saturated carbocycles. The predicted molar refractivity (Wildman–Crippen MR) is 45.6 cm³/mol. The van der Waals surface area contributed by atoms with Gasteiger partial charge in [-0.05, 0) is 13.3 Å². The second-order valence-electron chi connectivity index (χ2n) is 2.86. The highest BCUT2D eigenvalue weighted by Gasteiger charge is 2.05. The number of rotatable bonds is 4. The molecule has 0 atom stereocenters. The molecule has 1 aromatic heterocycles. The van der Waals surface area contributed by atoms with Crippen molar-refractivity contribution < 1.29 is 5.11 Å². The second-order valence-corrected chi connectivity index (χ2v) is 2.86. The van der Waals surface area contributed by atoms with Crippen molar-refractivity contribution in [3.05, 3.63) is 11.4 Å². The van der Waals surface area contributed by atoms with E-state index in [2.05, 4.69) is 17.2 Å². The van der Waals surface area contributed by atoms with Crippen LogP contribution in [0.1, 0.15) is 31.2 Å². The minimum atomic E-state index is -0.0159. The molecule has 68 valence electrons. The van der Waals surface area contributed by atoms with Crippen molar-refractivity contribution in [3.8, 4) is 0 Å². The minimum absolute atomic E-state index is 0.0159. The summed E-state index contributed by atoms with van der Waals surface area (Å²) in [5.41, 5.74) is 1.66. The highest BCUT2D eigenvalue weighted by atomic mass is 16.3. The normalized spacial score (nSPS) is 10.6. The molecular formula is C8H15N3O. The first-order chi connectivity index (χ1) is 5.79. The maximum atomic E-state index is 8.84. The third-order valence-corrected chi connectivity index (χ3v) is 1.95. The van der Waals surface area contributed by atoms with E-state index in [-0.39, 0.29) is 6.61 Å². The van der Waals surface area contributed by atoms with Crippen LogP contribution in [0.2, 0.25) is 0 Å². The zero-order valence-electron chi connectivity index (χ0n) is 7.62. The third kappa shape index (κ3) is 1.82. The fourth-order valence-corrected chi connectivity index (χ4v) is 1.06. The van der Waals surface area contributed by atoms with Gasteiger partial charge in [0.05, 0.1) is 12.3 Å². The van der Waals surface area contributed by atoms with Gasteiger partial charge in [-0.2, -0.15) is 0 Å². The lowest BCUT2D eigenvalue weighted by Gasteiger charge is -2.00. The van der Waals surface area contributed by atoms with E-state index < -0.39 is 0 Å². The summed E-state index contributed by atoms with van der Waals surface area (Å²) in [5.74, 6) is 0. The highest BCUT2D eigenvalue weighted by Crippen LogP contribution is 2.04. The van der Waals surface area contributed by atoms with Gasteiger partial charge in [0.15, 0.2) is 0 Å². The fourth-order valence-electron chi connectivity index (χ4n) is 1.06. The first-order valence-corrected chi connectivity index (χ1v) is 4.29. The van der Waals surface area contributed by atoms with Crippen LogP contribution in [0.5, 0.6) is 0 Å². The molecule has 0 aromatic carbocycles. The Morgan fingerprint density at radius 3 is 2.75 bits per heavy atom. The van der Waals surface area contributed by atoms with E-state index in [0.29, 0.717) is 5.69 Å². The Morgan fingerprint density at radius 2 is 2.25 bits per heavy atom. The van der Waals surface area contributed by atoms with Crippen molar-refractivity contribution in [3.63, 3.8) is 0 Å². The van der Waals surface area contributed by atoms with Gasteiger partial charge in [0, 0.05) is 6.54 Å². The number of aryl methyl sites for hydroxylation is 1. The summed E-state index contributed by atoms with van der Waals surface area (Å²) in [6.07, 6.45) is 2.25. The Morgan fingerprint density at radius 1 is 1.50 bits per heavy atom. The molecule has 0 bridgehead atoms. The van der Waals surface area contributed by atoms with E-state index >= 15 is 0 Å². The van der Waals surface area contributed by atoms with Crippen LogP contribution >= 0.6 is 0 Å². The van der Waals surface area contributed by atoms with E-state index in [9.17, 15) is 0 Å². The Kier molecular flexibility index (Phi) is 3.22. The smallest absolute Gasteiger partial charge is 0.111 e. The number of hydrogen-bond donors (Lipinski definition) is 1. The Hall–Kier alpha value is -0.900. The Bertz CT molecular complexity index is 244. The van der Waals surface area contributed by atoms with E-state index in [4.69, 9.17) is 5.11 Å². The van der Waals surface area contributed by atoms with Crippen LogP contribution in [0.25, 0.3) is 0 Å². The molecule has 1 rings (SSSR count). The summed E-state index contributed by atoms with van der Waals surface area (Å²) in [6, 6.07) is 0. The average molecular weight is 169 g/mol. The monoisotopic (exact) mass is 169 g/mol. The molecule has 4 heteroatoms. The fraction of sp³-hybridized carbons (Fsp3) is 0.750. The van der Waals surface area contributed by atoms with Crippen molar-refractivity contribution in [2.75, 3.05) is 0 Å². The van der Waals surface area contributed by atoms with Gasteiger partial charge >= 0.3 is 0 Å². The summed E-state index contributed by atoms with van der Waals surface area (Å²) >= 11 is 0.